The van der Waals surface area contributed by atoms with Gasteiger partial charge in [-0.3, -0.25) is 9.69 Å². The first kappa shape index (κ1) is 15.7. The Morgan fingerprint density at radius 3 is 2.76 bits per heavy atom. The van der Waals surface area contributed by atoms with Crippen molar-refractivity contribution in [1.82, 2.24) is 15.2 Å². The van der Waals surface area contributed by atoms with Crippen molar-refractivity contribution in [3.8, 4) is 0 Å². The number of nitrogens with one attached hydrogen (secondary N) is 1. The molecule has 0 spiro atoms. The van der Waals surface area contributed by atoms with Crippen LogP contribution in [-0.4, -0.2) is 35.9 Å². The topological polar surface area (TPSA) is 45.2 Å². The summed E-state index contributed by atoms with van der Waals surface area (Å²) in [6.45, 7) is 3.49. The lowest BCUT2D eigenvalue weighted by Crippen LogP contribution is -2.39. The van der Waals surface area contributed by atoms with Crippen molar-refractivity contribution in [3.63, 3.8) is 0 Å². The van der Waals surface area contributed by atoms with Gasteiger partial charge in [0.25, 0.3) is 0 Å². The van der Waals surface area contributed by atoms with Gasteiger partial charge < -0.3 is 5.32 Å². The molecule has 1 N–H and O–H groups in total. The number of benzene rings is 1. The highest BCUT2D eigenvalue weighted by molar-refractivity contribution is 7.09. The molecule has 5 heteroatoms. The molecule has 1 aromatic heterocycles. The van der Waals surface area contributed by atoms with Gasteiger partial charge in [0, 0.05) is 24.5 Å². The maximum Gasteiger partial charge on any atom is 0.241 e. The molecule has 1 aromatic carbocycles. The first-order valence-electron chi connectivity index (χ1n) is 7.13. The maximum absolute atomic E-state index is 12.5. The molecule has 0 aliphatic heterocycles. The second-order valence-corrected chi connectivity index (χ2v) is 5.83. The lowest BCUT2D eigenvalue weighted by molar-refractivity contribution is -0.126. The number of carbonyl (C=O) groups excluding carboxylic acids is 1. The Morgan fingerprint density at radius 2 is 2.14 bits per heavy atom. The highest BCUT2D eigenvalue weighted by Crippen LogP contribution is 2.19. The molecule has 0 bridgehead atoms. The molecule has 0 saturated carbocycles. The van der Waals surface area contributed by atoms with Gasteiger partial charge in [-0.05, 0) is 19.2 Å². The summed E-state index contributed by atoms with van der Waals surface area (Å²) in [5.41, 5.74) is 1.02. The van der Waals surface area contributed by atoms with Crippen LogP contribution in [0.5, 0.6) is 0 Å². The molecule has 0 radical (unpaired) electrons. The minimum Gasteiger partial charge on any atom is -0.354 e. The Kier molecular flexibility index (Phi) is 5.90. The van der Waals surface area contributed by atoms with Gasteiger partial charge in [-0.25, -0.2) is 4.98 Å². The van der Waals surface area contributed by atoms with E-state index in [2.05, 4.69) is 17.2 Å². The number of hydrogen-bond donors (Lipinski definition) is 1. The lowest BCUT2D eigenvalue weighted by atomic mass is 10.0. The second-order valence-electron chi connectivity index (χ2n) is 4.85. The molecule has 0 aliphatic rings. The summed E-state index contributed by atoms with van der Waals surface area (Å²) in [6, 6.07) is 9.65. The third-order valence-corrected chi connectivity index (χ3v) is 4.26. The van der Waals surface area contributed by atoms with E-state index in [0.29, 0.717) is 6.54 Å². The Morgan fingerprint density at radius 1 is 1.38 bits per heavy atom. The zero-order valence-electron chi connectivity index (χ0n) is 12.5. The molecule has 21 heavy (non-hydrogen) atoms. The highest BCUT2D eigenvalue weighted by Gasteiger charge is 2.23. The third-order valence-electron chi connectivity index (χ3n) is 3.42. The summed E-state index contributed by atoms with van der Waals surface area (Å²) in [4.78, 5) is 18.8. The van der Waals surface area contributed by atoms with Crippen molar-refractivity contribution >= 4 is 17.2 Å². The fraction of sp³-hybridized carbons (Fsp3) is 0.375. The quantitative estimate of drug-likeness (QED) is 0.855. The predicted octanol–water partition coefficient (Wildman–Crippen LogP) is 2.49. The van der Waals surface area contributed by atoms with Gasteiger partial charge in [-0.2, -0.15) is 0 Å². The number of aromatic nitrogens is 1. The van der Waals surface area contributed by atoms with E-state index in [9.17, 15) is 4.79 Å². The molecule has 2 aromatic rings. The van der Waals surface area contributed by atoms with E-state index >= 15 is 0 Å². The molecule has 4 nitrogen and oxygen atoms in total. The Labute approximate surface area is 129 Å². The van der Waals surface area contributed by atoms with Crippen LogP contribution in [0.25, 0.3) is 0 Å². The van der Waals surface area contributed by atoms with Crippen molar-refractivity contribution in [1.29, 1.82) is 0 Å². The average molecular weight is 303 g/mol. The smallest absolute Gasteiger partial charge is 0.241 e. The molecule has 0 aliphatic carbocycles. The van der Waals surface area contributed by atoms with E-state index in [-0.39, 0.29) is 11.9 Å². The van der Waals surface area contributed by atoms with Gasteiger partial charge >= 0.3 is 0 Å². The highest BCUT2D eigenvalue weighted by atomic mass is 32.1. The number of amides is 1. The average Bonchev–Trinajstić information content (AvgIpc) is 3.01. The van der Waals surface area contributed by atoms with Gasteiger partial charge in [-0.15, -0.1) is 11.3 Å². The van der Waals surface area contributed by atoms with E-state index in [1.807, 2.05) is 47.7 Å². The summed E-state index contributed by atoms with van der Waals surface area (Å²) in [6.07, 6.45) is 2.57. The molecule has 0 unspecified atom stereocenters. The molecular formula is C16H21N3OS. The van der Waals surface area contributed by atoms with E-state index in [1.54, 1.807) is 17.5 Å². The number of hydrogen-bond acceptors (Lipinski definition) is 4. The molecule has 1 heterocycles. The minimum atomic E-state index is -0.243. The Bertz CT molecular complexity index is 542. The van der Waals surface area contributed by atoms with Crippen LogP contribution in [0.2, 0.25) is 0 Å². The Balaban J connectivity index is 1.98. The van der Waals surface area contributed by atoms with Crippen LogP contribution in [0.1, 0.15) is 23.5 Å². The van der Waals surface area contributed by atoms with Crippen molar-refractivity contribution < 1.29 is 4.79 Å². The van der Waals surface area contributed by atoms with E-state index in [0.717, 1.165) is 23.5 Å². The van der Waals surface area contributed by atoms with Crippen LogP contribution in [0.3, 0.4) is 0 Å². The number of likely N-dealkylation sites (N-methyl/N-ethyl adjacent to an activating group) is 1. The largest absolute Gasteiger partial charge is 0.354 e. The standard InChI is InChI=1S/C16H21N3OS/c1-3-19(2)15(13-7-5-4-6-8-13)16(20)18-10-9-14-17-11-12-21-14/h4-8,11-12,15H,3,9-10H2,1-2H3,(H,18,20)/t15-/m1/s1. The van der Waals surface area contributed by atoms with Crippen molar-refractivity contribution in [2.45, 2.75) is 19.4 Å². The van der Waals surface area contributed by atoms with Crippen LogP contribution in [0.15, 0.2) is 41.9 Å². The molecule has 1 amide bonds. The monoisotopic (exact) mass is 303 g/mol. The summed E-state index contributed by atoms with van der Waals surface area (Å²) < 4.78 is 0. The first-order valence-corrected chi connectivity index (χ1v) is 8.01. The SMILES string of the molecule is CCN(C)[C@@H](C(=O)NCCc1nccs1)c1ccccc1. The van der Waals surface area contributed by atoms with E-state index in [4.69, 9.17) is 0 Å². The first-order chi connectivity index (χ1) is 10.2. The zero-order valence-corrected chi connectivity index (χ0v) is 13.3. The number of thiazole rings is 1. The maximum atomic E-state index is 12.5. The fourth-order valence-electron chi connectivity index (χ4n) is 2.19. The number of nitrogens with zero attached hydrogens (tertiary/aromatic N) is 2. The fourth-order valence-corrected chi connectivity index (χ4v) is 2.81. The van der Waals surface area contributed by atoms with Crippen LogP contribution in [-0.2, 0) is 11.2 Å². The number of carbonyl (C=O) groups is 1. The Hall–Kier alpha value is -1.72. The molecular weight excluding hydrogens is 282 g/mol. The number of rotatable bonds is 7. The van der Waals surface area contributed by atoms with Gasteiger partial charge in [-0.1, -0.05) is 37.3 Å². The van der Waals surface area contributed by atoms with Crippen molar-refractivity contribution in [2.75, 3.05) is 20.1 Å². The van der Waals surface area contributed by atoms with Crippen LogP contribution in [0.4, 0.5) is 0 Å². The van der Waals surface area contributed by atoms with Crippen molar-refractivity contribution in [3.05, 3.63) is 52.5 Å². The summed E-state index contributed by atoms with van der Waals surface area (Å²) in [5, 5.41) is 6.03. The van der Waals surface area contributed by atoms with Gasteiger partial charge in [0.2, 0.25) is 5.91 Å². The van der Waals surface area contributed by atoms with Gasteiger partial charge in [0.05, 0.1) is 5.01 Å². The normalized spacial score (nSPS) is 12.3. The third kappa shape index (κ3) is 4.37. The molecule has 0 saturated heterocycles. The lowest BCUT2D eigenvalue weighted by Gasteiger charge is -2.26. The molecule has 0 fully saturated rings. The summed E-state index contributed by atoms with van der Waals surface area (Å²) in [5.74, 6) is 0.0436. The molecule has 1 atom stereocenters. The summed E-state index contributed by atoms with van der Waals surface area (Å²) in [7, 11) is 1.97. The predicted molar refractivity (Wildman–Crippen MR) is 86.3 cm³/mol. The molecule has 2 rings (SSSR count). The van der Waals surface area contributed by atoms with Gasteiger partial charge in [0.15, 0.2) is 0 Å². The van der Waals surface area contributed by atoms with Crippen molar-refractivity contribution in [2.24, 2.45) is 0 Å². The van der Waals surface area contributed by atoms with Crippen LogP contribution < -0.4 is 5.32 Å². The van der Waals surface area contributed by atoms with Gasteiger partial charge in [0.1, 0.15) is 6.04 Å². The minimum absolute atomic E-state index is 0.0436. The summed E-state index contributed by atoms with van der Waals surface area (Å²) >= 11 is 1.62. The van der Waals surface area contributed by atoms with E-state index < -0.39 is 0 Å². The van der Waals surface area contributed by atoms with Crippen LogP contribution >= 0.6 is 11.3 Å². The zero-order chi connectivity index (χ0) is 15.1. The van der Waals surface area contributed by atoms with Crippen LogP contribution in [0, 0.1) is 0 Å². The molecule has 112 valence electrons. The second kappa shape index (κ2) is 7.90. The van der Waals surface area contributed by atoms with E-state index in [1.165, 1.54) is 0 Å².